The zero-order valence-corrected chi connectivity index (χ0v) is 14.2. The molecule has 0 spiro atoms. The van der Waals surface area contributed by atoms with Gasteiger partial charge in [-0.1, -0.05) is 29.8 Å². The van der Waals surface area contributed by atoms with Crippen LogP contribution < -0.4 is 5.73 Å². The van der Waals surface area contributed by atoms with Gasteiger partial charge in [-0.15, -0.1) is 12.4 Å². The van der Waals surface area contributed by atoms with Crippen LogP contribution in [0.25, 0.3) is 0 Å². The van der Waals surface area contributed by atoms with Crippen molar-refractivity contribution in [2.75, 3.05) is 6.54 Å². The van der Waals surface area contributed by atoms with Crippen LogP contribution in [0, 0.1) is 0 Å². The first-order valence-corrected chi connectivity index (χ1v) is 7.53. The number of carbonyl (C=O) groups is 2. The average molecular weight is 367 g/mol. The molecule has 1 heterocycles. The first-order chi connectivity index (χ1) is 11.0. The number of phenols is 1. The first kappa shape index (κ1) is 18.3. The van der Waals surface area contributed by atoms with Gasteiger partial charge in [0.25, 0.3) is 11.8 Å². The molecular weight excluding hydrogens is 351 g/mol. The molecule has 2 aromatic rings. The van der Waals surface area contributed by atoms with Crippen LogP contribution in [0.2, 0.25) is 5.02 Å². The van der Waals surface area contributed by atoms with E-state index in [0.717, 1.165) is 5.56 Å². The summed E-state index contributed by atoms with van der Waals surface area (Å²) in [7, 11) is 0. The molecule has 2 amide bonds. The Morgan fingerprint density at radius 3 is 2.21 bits per heavy atom. The minimum absolute atomic E-state index is 0. The SMILES string of the molecule is Cl.N[C@@H](Cc1ccc(O)cc1Cl)CN1C(=O)c2ccccc2C1=O. The van der Waals surface area contributed by atoms with E-state index in [4.69, 9.17) is 17.3 Å². The van der Waals surface area contributed by atoms with Gasteiger partial charge in [-0.05, 0) is 36.2 Å². The maximum Gasteiger partial charge on any atom is 0.261 e. The largest absolute Gasteiger partial charge is 0.508 e. The summed E-state index contributed by atoms with van der Waals surface area (Å²) in [5.74, 6) is -0.566. The summed E-state index contributed by atoms with van der Waals surface area (Å²) < 4.78 is 0. The number of halogens is 2. The van der Waals surface area contributed by atoms with Crippen molar-refractivity contribution >= 4 is 35.8 Å². The Balaban J connectivity index is 0.00000208. The molecule has 1 aliphatic heterocycles. The number of fused-ring (bicyclic) bond motifs is 1. The molecule has 126 valence electrons. The third kappa shape index (κ3) is 3.38. The van der Waals surface area contributed by atoms with Gasteiger partial charge in [-0.2, -0.15) is 0 Å². The topological polar surface area (TPSA) is 83.6 Å². The number of phenolic OH excluding ortho intramolecular Hbond substituents is 1. The van der Waals surface area contributed by atoms with Gasteiger partial charge in [0.1, 0.15) is 5.75 Å². The number of imide groups is 1. The Morgan fingerprint density at radius 1 is 1.08 bits per heavy atom. The summed E-state index contributed by atoms with van der Waals surface area (Å²) >= 11 is 6.06. The predicted molar refractivity (Wildman–Crippen MR) is 93.9 cm³/mol. The maximum absolute atomic E-state index is 12.3. The monoisotopic (exact) mass is 366 g/mol. The summed E-state index contributed by atoms with van der Waals surface area (Å²) in [4.78, 5) is 25.8. The molecule has 3 rings (SSSR count). The zero-order valence-electron chi connectivity index (χ0n) is 12.6. The van der Waals surface area contributed by atoms with Gasteiger partial charge in [0, 0.05) is 17.6 Å². The van der Waals surface area contributed by atoms with Crippen LogP contribution in [0.5, 0.6) is 5.75 Å². The fraction of sp³-hybridized carbons (Fsp3) is 0.176. The summed E-state index contributed by atoms with van der Waals surface area (Å²) in [6.45, 7) is 0.115. The molecule has 0 saturated heterocycles. The summed E-state index contributed by atoms with van der Waals surface area (Å²) in [6.07, 6.45) is 0.395. The lowest BCUT2D eigenvalue weighted by Crippen LogP contribution is -2.41. The number of benzene rings is 2. The van der Waals surface area contributed by atoms with E-state index in [9.17, 15) is 14.7 Å². The molecule has 0 radical (unpaired) electrons. The van der Waals surface area contributed by atoms with Gasteiger partial charge in [0.15, 0.2) is 0 Å². The molecular formula is C17H16Cl2N2O3. The van der Waals surface area contributed by atoms with Crippen LogP contribution in [-0.4, -0.2) is 34.4 Å². The Labute approximate surface area is 150 Å². The van der Waals surface area contributed by atoms with Gasteiger partial charge in [-0.25, -0.2) is 0 Å². The highest BCUT2D eigenvalue weighted by molar-refractivity contribution is 6.31. The van der Waals surface area contributed by atoms with E-state index < -0.39 is 6.04 Å². The lowest BCUT2D eigenvalue weighted by Gasteiger charge is -2.19. The molecule has 3 N–H and O–H groups in total. The number of hydrogen-bond donors (Lipinski definition) is 2. The van der Waals surface area contributed by atoms with Gasteiger partial charge < -0.3 is 10.8 Å². The standard InChI is InChI=1S/C17H15ClN2O3.ClH/c18-15-8-12(21)6-5-10(15)7-11(19)9-20-16(22)13-3-1-2-4-14(13)17(20)23;/h1-6,8,11,21H,7,9,19H2;1H/t11-;/m0./s1. The molecule has 0 saturated carbocycles. The van der Waals surface area contributed by atoms with Crippen LogP contribution in [0.3, 0.4) is 0 Å². The quantitative estimate of drug-likeness (QED) is 0.814. The van der Waals surface area contributed by atoms with Gasteiger partial charge >= 0.3 is 0 Å². The summed E-state index contributed by atoms with van der Waals surface area (Å²) in [5.41, 5.74) is 7.66. The normalized spacial score (nSPS) is 14.3. The van der Waals surface area contributed by atoms with Crippen molar-refractivity contribution in [1.29, 1.82) is 0 Å². The Bertz CT molecular complexity index is 760. The van der Waals surface area contributed by atoms with Crippen molar-refractivity contribution in [2.45, 2.75) is 12.5 Å². The summed E-state index contributed by atoms with van der Waals surface area (Å²) in [5, 5.41) is 9.76. The lowest BCUT2D eigenvalue weighted by atomic mass is 10.1. The van der Waals surface area contributed by atoms with Gasteiger partial charge in [-0.3, -0.25) is 14.5 Å². The van der Waals surface area contributed by atoms with E-state index in [1.165, 1.54) is 17.0 Å². The molecule has 0 aromatic heterocycles. The molecule has 0 aliphatic carbocycles. The zero-order chi connectivity index (χ0) is 16.6. The van der Waals surface area contributed by atoms with Gasteiger partial charge in [0.05, 0.1) is 11.1 Å². The van der Waals surface area contributed by atoms with Crippen LogP contribution in [0.15, 0.2) is 42.5 Å². The maximum atomic E-state index is 12.3. The fourth-order valence-corrected chi connectivity index (χ4v) is 2.94. The Hall–Kier alpha value is -2.08. The van der Waals surface area contributed by atoms with Crippen LogP contribution in [0.1, 0.15) is 26.3 Å². The van der Waals surface area contributed by atoms with Crippen molar-refractivity contribution < 1.29 is 14.7 Å². The summed E-state index contributed by atoms with van der Waals surface area (Å²) in [6, 6.07) is 10.9. The number of nitrogens with zero attached hydrogens (tertiary/aromatic N) is 1. The predicted octanol–water partition coefficient (Wildman–Crippen LogP) is 2.63. The van der Waals surface area contributed by atoms with Crippen LogP contribution in [0.4, 0.5) is 0 Å². The third-order valence-electron chi connectivity index (χ3n) is 3.81. The first-order valence-electron chi connectivity index (χ1n) is 7.15. The second kappa shape index (κ2) is 7.21. The molecule has 5 nitrogen and oxygen atoms in total. The average Bonchev–Trinajstić information content (AvgIpc) is 2.76. The minimum atomic E-state index is -0.445. The number of rotatable bonds is 4. The minimum Gasteiger partial charge on any atom is -0.508 e. The Kier molecular flexibility index (Phi) is 5.49. The van der Waals surface area contributed by atoms with Crippen LogP contribution in [-0.2, 0) is 6.42 Å². The van der Waals surface area contributed by atoms with Crippen molar-refractivity contribution in [2.24, 2.45) is 5.73 Å². The van der Waals surface area contributed by atoms with Crippen molar-refractivity contribution in [3.05, 3.63) is 64.2 Å². The molecule has 0 fully saturated rings. The fourth-order valence-electron chi connectivity index (χ4n) is 2.69. The second-order valence-electron chi connectivity index (χ2n) is 5.51. The molecule has 1 aliphatic rings. The van der Waals surface area contributed by atoms with Crippen molar-refractivity contribution in [3.8, 4) is 5.75 Å². The highest BCUT2D eigenvalue weighted by atomic mass is 35.5. The molecule has 24 heavy (non-hydrogen) atoms. The molecule has 7 heteroatoms. The number of nitrogens with two attached hydrogens (primary N) is 1. The van der Waals surface area contributed by atoms with Crippen molar-refractivity contribution in [1.82, 2.24) is 4.90 Å². The second-order valence-corrected chi connectivity index (χ2v) is 5.91. The Morgan fingerprint density at radius 2 is 1.67 bits per heavy atom. The van der Waals surface area contributed by atoms with Crippen molar-refractivity contribution in [3.63, 3.8) is 0 Å². The number of aromatic hydroxyl groups is 1. The van der Waals surface area contributed by atoms with Gasteiger partial charge in [0.2, 0.25) is 0 Å². The van der Waals surface area contributed by atoms with E-state index >= 15 is 0 Å². The van der Waals surface area contributed by atoms with E-state index in [-0.39, 0.29) is 36.5 Å². The number of hydrogen-bond acceptors (Lipinski definition) is 4. The highest BCUT2D eigenvalue weighted by Crippen LogP contribution is 2.25. The van der Waals surface area contributed by atoms with E-state index in [1.807, 2.05) is 0 Å². The number of amides is 2. The molecule has 1 atom stereocenters. The third-order valence-corrected chi connectivity index (χ3v) is 4.17. The number of carbonyl (C=O) groups excluding carboxylic acids is 2. The molecule has 0 unspecified atom stereocenters. The van der Waals surface area contributed by atoms with E-state index in [1.54, 1.807) is 30.3 Å². The van der Waals surface area contributed by atoms with E-state index in [0.29, 0.717) is 22.6 Å². The molecule has 2 aromatic carbocycles. The van der Waals surface area contributed by atoms with E-state index in [2.05, 4.69) is 0 Å². The highest BCUT2D eigenvalue weighted by Gasteiger charge is 2.35. The van der Waals surface area contributed by atoms with Crippen LogP contribution >= 0.6 is 24.0 Å². The lowest BCUT2D eigenvalue weighted by molar-refractivity contribution is 0.0644. The smallest absolute Gasteiger partial charge is 0.261 e. The molecule has 0 bridgehead atoms.